The number of ether oxygens (including phenoxy) is 1. The Morgan fingerprint density at radius 1 is 1.21 bits per heavy atom. The zero-order chi connectivity index (χ0) is 21.1. The van der Waals surface area contributed by atoms with E-state index < -0.39 is 16.7 Å². The van der Waals surface area contributed by atoms with Crippen LogP contribution >= 0.6 is 0 Å². The van der Waals surface area contributed by atoms with Gasteiger partial charge in [-0.25, -0.2) is 5.43 Å². The summed E-state index contributed by atoms with van der Waals surface area (Å²) in [7, 11) is 0. The molecule has 0 aromatic heterocycles. The predicted octanol–water partition coefficient (Wildman–Crippen LogP) is 2.65. The van der Waals surface area contributed by atoms with E-state index in [1.165, 1.54) is 24.4 Å². The molecule has 2 aromatic rings. The molecule has 0 saturated carbocycles. The molecule has 9 heteroatoms. The van der Waals surface area contributed by atoms with Crippen molar-refractivity contribution < 1.29 is 19.2 Å². The molecule has 2 amide bonds. The van der Waals surface area contributed by atoms with Gasteiger partial charge in [-0.2, -0.15) is 5.10 Å². The van der Waals surface area contributed by atoms with E-state index in [0.717, 1.165) is 12.8 Å². The van der Waals surface area contributed by atoms with Crippen molar-refractivity contribution in [1.82, 2.24) is 10.7 Å². The highest BCUT2D eigenvalue weighted by Gasteiger charge is 2.08. The van der Waals surface area contributed by atoms with Crippen molar-refractivity contribution in [2.24, 2.45) is 5.10 Å². The summed E-state index contributed by atoms with van der Waals surface area (Å²) in [6.45, 7) is 2.44. The van der Waals surface area contributed by atoms with Crippen LogP contribution in [0.15, 0.2) is 53.6 Å². The first-order valence-corrected chi connectivity index (χ1v) is 9.07. The van der Waals surface area contributed by atoms with Gasteiger partial charge in [-0.3, -0.25) is 19.7 Å². The molecule has 0 fully saturated rings. The maximum atomic E-state index is 12.1. The standard InChI is InChI=1S/C20H22N4O5/c1-2-3-11-29-18-9-7-16(8-10-18)20(26)21-14-19(25)23-22-13-15-5-4-6-17(12-15)24(27)28/h4-10,12-13H,2-3,11,14H2,1H3,(H,21,26)(H,23,25)/b22-13+. The second-order valence-electron chi connectivity index (χ2n) is 6.05. The number of unbranched alkanes of at least 4 members (excludes halogenated alkanes) is 1. The predicted molar refractivity (Wildman–Crippen MR) is 108 cm³/mol. The van der Waals surface area contributed by atoms with Crippen molar-refractivity contribution in [3.8, 4) is 5.75 Å². The minimum atomic E-state index is -0.528. The molecule has 0 heterocycles. The van der Waals surface area contributed by atoms with Gasteiger partial charge < -0.3 is 10.1 Å². The number of hydrogen-bond donors (Lipinski definition) is 2. The Hall–Kier alpha value is -3.75. The van der Waals surface area contributed by atoms with Gasteiger partial charge in [-0.05, 0) is 30.7 Å². The lowest BCUT2D eigenvalue weighted by Gasteiger charge is -2.07. The second-order valence-corrected chi connectivity index (χ2v) is 6.05. The van der Waals surface area contributed by atoms with Gasteiger partial charge in [0, 0.05) is 23.3 Å². The molecule has 0 aliphatic carbocycles. The number of carbonyl (C=O) groups excluding carboxylic acids is 2. The molecule has 0 atom stereocenters. The van der Waals surface area contributed by atoms with E-state index in [2.05, 4.69) is 22.8 Å². The van der Waals surface area contributed by atoms with Gasteiger partial charge in [0.2, 0.25) is 0 Å². The number of nitro benzene ring substituents is 1. The van der Waals surface area contributed by atoms with E-state index >= 15 is 0 Å². The largest absolute Gasteiger partial charge is 0.494 e. The van der Waals surface area contributed by atoms with Crippen LogP contribution in [0.25, 0.3) is 0 Å². The van der Waals surface area contributed by atoms with Gasteiger partial charge in [0.05, 0.1) is 24.3 Å². The summed E-state index contributed by atoms with van der Waals surface area (Å²) < 4.78 is 5.53. The highest BCUT2D eigenvalue weighted by molar-refractivity contribution is 5.96. The number of non-ortho nitro benzene ring substituents is 1. The van der Waals surface area contributed by atoms with E-state index in [0.29, 0.717) is 23.5 Å². The summed E-state index contributed by atoms with van der Waals surface area (Å²) in [5.41, 5.74) is 3.04. The maximum absolute atomic E-state index is 12.1. The average Bonchev–Trinajstić information content (AvgIpc) is 2.73. The van der Waals surface area contributed by atoms with Crippen LogP contribution in [-0.2, 0) is 4.79 Å². The van der Waals surface area contributed by atoms with E-state index in [-0.39, 0.29) is 12.2 Å². The smallest absolute Gasteiger partial charge is 0.270 e. The second kappa shape index (κ2) is 11.2. The molecule has 9 nitrogen and oxygen atoms in total. The summed E-state index contributed by atoms with van der Waals surface area (Å²) in [5.74, 6) is -0.245. The Balaban J connectivity index is 1.77. The summed E-state index contributed by atoms with van der Waals surface area (Å²) in [5, 5.41) is 16.9. The van der Waals surface area contributed by atoms with Gasteiger partial charge in [0.25, 0.3) is 17.5 Å². The molecule has 0 unspecified atom stereocenters. The average molecular weight is 398 g/mol. The van der Waals surface area contributed by atoms with Crippen molar-refractivity contribution in [2.45, 2.75) is 19.8 Å². The highest BCUT2D eigenvalue weighted by atomic mass is 16.6. The molecule has 0 aliphatic heterocycles. The minimum Gasteiger partial charge on any atom is -0.494 e. The molecule has 0 bridgehead atoms. The molecule has 0 saturated heterocycles. The minimum absolute atomic E-state index is 0.0747. The van der Waals surface area contributed by atoms with Crippen molar-refractivity contribution in [3.63, 3.8) is 0 Å². The topological polar surface area (TPSA) is 123 Å². The fourth-order valence-corrected chi connectivity index (χ4v) is 2.24. The Morgan fingerprint density at radius 2 is 1.97 bits per heavy atom. The number of nitrogens with zero attached hydrogens (tertiary/aromatic N) is 2. The molecular formula is C20H22N4O5. The molecule has 29 heavy (non-hydrogen) atoms. The molecule has 2 N–H and O–H groups in total. The number of amides is 2. The number of rotatable bonds is 10. The molecule has 0 spiro atoms. The van der Waals surface area contributed by atoms with Gasteiger partial charge in [-0.15, -0.1) is 0 Å². The molecular weight excluding hydrogens is 376 g/mol. The Bertz CT molecular complexity index is 881. The zero-order valence-electron chi connectivity index (χ0n) is 16.0. The lowest BCUT2D eigenvalue weighted by Crippen LogP contribution is -2.34. The lowest BCUT2D eigenvalue weighted by atomic mass is 10.2. The molecule has 0 aliphatic rings. The number of benzene rings is 2. The fraction of sp³-hybridized carbons (Fsp3) is 0.250. The van der Waals surface area contributed by atoms with Gasteiger partial charge in [0.1, 0.15) is 5.75 Å². The van der Waals surface area contributed by atoms with Crippen molar-refractivity contribution in [2.75, 3.05) is 13.2 Å². The van der Waals surface area contributed by atoms with Crippen molar-refractivity contribution in [3.05, 3.63) is 69.8 Å². The first-order chi connectivity index (χ1) is 14.0. The van der Waals surface area contributed by atoms with Crippen LogP contribution in [0.5, 0.6) is 5.75 Å². The SMILES string of the molecule is CCCCOc1ccc(C(=O)NCC(=O)N/N=C/c2cccc([N+](=O)[O-])c2)cc1. The van der Waals surface area contributed by atoms with Crippen molar-refractivity contribution in [1.29, 1.82) is 0 Å². The van der Waals surface area contributed by atoms with Crippen LogP contribution in [0.3, 0.4) is 0 Å². The van der Waals surface area contributed by atoms with Crippen LogP contribution in [0, 0.1) is 10.1 Å². The number of nitrogens with one attached hydrogen (secondary N) is 2. The highest BCUT2D eigenvalue weighted by Crippen LogP contribution is 2.13. The number of carbonyl (C=O) groups is 2. The first kappa shape index (κ1) is 21.5. The Morgan fingerprint density at radius 3 is 2.66 bits per heavy atom. The molecule has 0 radical (unpaired) electrons. The summed E-state index contributed by atoms with van der Waals surface area (Å²) in [6, 6.07) is 12.5. The van der Waals surface area contributed by atoms with E-state index in [9.17, 15) is 19.7 Å². The van der Waals surface area contributed by atoms with Crippen LogP contribution < -0.4 is 15.5 Å². The third-order valence-electron chi connectivity index (χ3n) is 3.78. The number of hydrogen-bond acceptors (Lipinski definition) is 6. The third kappa shape index (κ3) is 7.41. The van der Waals surface area contributed by atoms with Gasteiger partial charge in [0.15, 0.2) is 0 Å². The number of hydrazone groups is 1. The summed E-state index contributed by atoms with van der Waals surface area (Å²) >= 11 is 0. The van der Waals surface area contributed by atoms with E-state index in [1.54, 1.807) is 30.3 Å². The normalized spacial score (nSPS) is 10.5. The maximum Gasteiger partial charge on any atom is 0.270 e. The molecule has 2 rings (SSSR count). The fourth-order valence-electron chi connectivity index (χ4n) is 2.24. The van der Waals surface area contributed by atoms with E-state index in [4.69, 9.17) is 4.74 Å². The molecule has 152 valence electrons. The summed E-state index contributed by atoms with van der Waals surface area (Å²) in [4.78, 5) is 34.1. The Labute approximate surface area is 167 Å². The molecule has 2 aromatic carbocycles. The Kier molecular flexibility index (Phi) is 8.30. The van der Waals surface area contributed by atoms with Gasteiger partial charge in [-0.1, -0.05) is 25.5 Å². The quantitative estimate of drug-likeness (QED) is 0.276. The van der Waals surface area contributed by atoms with Crippen molar-refractivity contribution >= 4 is 23.7 Å². The van der Waals surface area contributed by atoms with Crippen LogP contribution in [-0.4, -0.2) is 36.1 Å². The van der Waals surface area contributed by atoms with E-state index in [1.807, 2.05) is 0 Å². The zero-order valence-corrected chi connectivity index (χ0v) is 16.0. The van der Waals surface area contributed by atoms with Gasteiger partial charge >= 0.3 is 0 Å². The summed E-state index contributed by atoms with van der Waals surface area (Å²) in [6.07, 6.45) is 3.28. The first-order valence-electron chi connectivity index (χ1n) is 9.07. The number of nitro groups is 1. The van der Waals surface area contributed by atoms with Crippen LogP contribution in [0.2, 0.25) is 0 Å². The monoisotopic (exact) mass is 398 g/mol. The van der Waals surface area contributed by atoms with Crippen LogP contribution in [0.1, 0.15) is 35.7 Å². The third-order valence-corrected chi connectivity index (χ3v) is 3.78. The van der Waals surface area contributed by atoms with Crippen LogP contribution in [0.4, 0.5) is 5.69 Å². The lowest BCUT2D eigenvalue weighted by molar-refractivity contribution is -0.384.